The van der Waals surface area contributed by atoms with Crippen LogP contribution in [0.2, 0.25) is 0 Å². The Labute approximate surface area is 155 Å². The number of carbonyl (C=O) groups excluding carboxylic acids is 1. The Morgan fingerprint density at radius 3 is 2.85 bits per heavy atom. The summed E-state index contributed by atoms with van der Waals surface area (Å²) in [6.45, 7) is 2.52. The molecule has 1 amide bonds. The zero-order valence-corrected chi connectivity index (χ0v) is 15.2. The van der Waals surface area contributed by atoms with Gasteiger partial charge >= 0.3 is 0 Å². The highest BCUT2D eigenvalue weighted by Crippen LogP contribution is 2.29. The number of nitrogens with zero attached hydrogens (tertiary/aromatic N) is 3. The SMILES string of the molecule is CCCOc1cc(OC)ccc1C(=O)Nc1ncc(-c2cnccn2)s1. The quantitative estimate of drug-likeness (QED) is 0.683. The number of carbonyl (C=O) groups is 1. The predicted molar refractivity (Wildman–Crippen MR) is 99.9 cm³/mol. The van der Waals surface area contributed by atoms with Gasteiger partial charge in [0, 0.05) is 24.7 Å². The lowest BCUT2D eigenvalue weighted by molar-refractivity contribution is 0.102. The number of hydrogen-bond acceptors (Lipinski definition) is 7. The summed E-state index contributed by atoms with van der Waals surface area (Å²) in [6, 6.07) is 5.11. The van der Waals surface area contributed by atoms with Crippen LogP contribution in [-0.4, -0.2) is 34.6 Å². The van der Waals surface area contributed by atoms with E-state index in [1.807, 2.05) is 6.92 Å². The first-order valence-electron chi connectivity index (χ1n) is 8.05. The highest BCUT2D eigenvalue weighted by molar-refractivity contribution is 7.19. The van der Waals surface area contributed by atoms with Gasteiger partial charge in [0.2, 0.25) is 0 Å². The van der Waals surface area contributed by atoms with Gasteiger partial charge in [-0.05, 0) is 18.6 Å². The Balaban J connectivity index is 1.79. The summed E-state index contributed by atoms with van der Waals surface area (Å²) in [5.74, 6) is 0.819. The highest BCUT2D eigenvalue weighted by atomic mass is 32.1. The lowest BCUT2D eigenvalue weighted by Crippen LogP contribution is -2.13. The molecule has 3 rings (SSSR count). The van der Waals surface area contributed by atoms with Crippen LogP contribution in [0.15, 0.2) is 43.0 Å². The van der Waals surface area contributed by atoms with E-state index in [-0.39, 0.29) is 5.91 Å². The van der Waals surface area contributed by atoms with Gasteiger partial charge in [0.1, 0.15) is 17.2 Å². The second kappa shape index (κ2) is 8.39. The predicted octanol–water partition coefficient (Wildman–Crippen LogP) is 3.65. The molecule has 134 valence electrons. The van der Waals surface area contributed by atoms with Crippen LogP contribution in [0.3, 0.4) is 0 Å². The maximum Gasteiger partial charge on any atom is 0.261 e. The highest BCUT2D eigenvalue weighted by Gasteiger charge is 2.16. The Morgan fingerprint density at radius 1 is 1.23 bits per heavy atom. The minimum absolute atomic E-state index is 0.293. The van der Waals surface area contributed by atoms with E-state index in [9.17, 15) is 4.79 Å². The number of methoxy groups -OCH3 is 1. The number of amides is 1. The van der Waals surface area contributed by atoms with Crippen molar-refractivity contribution in [3.05, 3.63) is 48.5 Å². The number of nitrogens with one attached hydrogen (secondary N) is 1. The summed E-state index contributed by atoms with van der Waals surface area (Å²) in [4.78, 5) is 26.0. The van der Waals surface area contributed by atoms with E-state index in [1.54, 1.807) is 50.1 Å². The first-order valence-corrected chi connectivity index (χ1v) is 8.87. The lowest BCUT2D eigenvalue weighted by Gasteiger charge is -2.12. The van der Waals surface area contributed by atoms with E-state index in [1.165, 1.54) is 11.3 Å². The molecule has 0 unspecified atom stereocenters. The van der Waals surface area contributed by atoms with E-state index in [2.05, 4.69) is 20.3 Å². The zero-order valence-electron chi connectivity index (χ0n) is 14.4. The first-order chi connectivity index (χ1) is 12.7. The molecule has 0 radical (unpaired) electrons. The smallest absolute Gasteiger partial charge is 0.261 e. The average Bonchev–Trinajstić information content (AvgIpc) is 3.15. The fourth-order valence-corrected chi connectivity index (χ4v) is 2.96. The standard InChI is InChI=1S/C18H18N4O3S/c1-3-8-25-15-9-12(24-2)4-5-13(15)17(23)22-18-21-11-16(26-18)14-10-19-6-7-20-14/h4-7,9-11H,3,8H2,1-2H3,(H,21,22,23). The van der Waals surface area contributed by atoms with E-state index in [0.717, 1.165) is 11.3 Å². The van der Waals surface area contributed by atoms with Gasteiger partial charge in [-0.25, -0.2) is 4.98 Å². The second-order valence-corrected chi connectivity index (χ2v) is 6.32. The minimum atomic E-state index is -0.293. The van der Waals surface area contributed by atoms with Gasteiger partial charge in [-0.3, -0.25) is 20.1 Å². The summed E-state index contributed by atoms with van der Waals surface area (Å²) in [5.41, 5.74) is 1.14. The van der Waals surface area contributed by atoms with Crippen molar-refractivity contribution in [1.29, 1.82) is 0 Å². The molecule has 0 aliphatic heterocycles. The number of ether oxygens (including phenoxy) is 2. The van der Waals surface area contributed by atoms with Gasteiger partial charge < -0.3 is 9.47 Å². The Kier molecular flexibility index (Phi) is 5.75. The lowest BCUT2D eigenvalue weighted by atomic mass is 10.1. The van der Waals surface area contributed by atoms with E-state index < -0.39 is 0 Å². The molecule has 0 fully saturated rings. The number of rotatable bonds is 7. The Hall–Kier alpha value is -3.00. The normalized spacial score (nSPS) is 10.4. The molecule has 0 spiro atoms. The van der Waals surface area contributed by atoms with Crippen LogP contribution < -0.4 is 14.8 Å². The Morgan fingerprint density at radius 2 is 2.12 bits per heavy atom. The molecule has 0 saturated carbocycles. The van der Waals surface area contributed by atoms with Crippen molar-refractivity contribution in [2.75, 3.05) is 19.0 Å². The molecule has 0 bridgehead atoms. The molecule has 7 nitrogen and oxygen atoms in total. The molecule has 8 heteroatoms. The Bertz CT molecular complexity index is 883. The van der Waals surface area contributed by atoms with Crippen molar-refractivity contribution in [2.24, 2.45) is 0 Å². The molecule has 2 aromatic heterocycles. The molecule has 2 heterocycles. The van der Waals surface area contributed by atoms with Gasteiger partial charge in [-0.15, -0.1) is 0 Å². The third-order valence-corrected chi connectivity index (χ3v) is 4.37. The third kappa shape index (κ3) is 4.15. The number of hydrogen-bond donors (Lipinski definition) is 1. The monoisotopic (exact) mass is 370 g/mol. The maximum absolute atomic E-state index is 12.7. The molecule has 1 N–H and O–H groups in total. The molecule has 26 heavy (non-hydrogen) atoms. The van der Waals surface area contributed by atoms with Crippen molar-refractivity contribution >= 4 is 22.4 Å². The molecule has 0 aliphatic carbocycles. The molecule has 3 aromatic rings. The zero-order chi connectivity index (χ0) is 18.4. The second-order valence-electron chi connectivity index (χ2n) is 5.28. The maximum atomic E-state index is 12.7. The van der Waals surface area contributed by atoms with Crippen LogP contribution in [-0.2, 0) is 0 Å². The van der Waals surface area contributed by atoms with Gasteiger partial charge in [-0.1, -0.05) is 18.3 Å². The van der Waals surface area contributed by atoms with Crippen molar-refractivity contribution in [1.82, 2.24) is 15.0 Å². The summed E-state index contributed by atoms with van der Waals surface area (Å²) < 4.78 is 10.9. The number of thiazole rings is 1. The summed E-state index contributed by atoms with van der Waals surface area (Å²) in [5, 5.41) is 3.28. The van der Waals surface area contributed by atoms with Gasteiger partial charge in [0.05, 0.1) is 30.4 Å². The van der Waals surface area contributed by atoms with Crippen LogP contribution in [0.4, 0.5) is 5.13 Å². The van der Waals surface area contributed by atoms with Gasteiger partial charge in [-0.2, -0.15) is 0 Å². The van der Waals surface area contributed by atoms with Crippen molar-refractivity contribution < 1.29 is 14.3 Å². The summed E-state index contributed by atoms with van der Waals surface area (Å²) in [7, 11) is 1.57. The van der Waals surface area contributed by atoms with Crippen LogP contribution in [0.25, 0.3) is 10.6 Å². The number of anilines is 1. The average molecular weight is 370 g/mol. The largest absolute Gasteiger partial charge is 0.497 e. The van der Waals surface area contributed by atoms with Crippen LogP contribution >= 0.6 is 11.3 Å². The van der Waals surface area contributed by atoms with Crippen LogP contribution in [0.5, 0.6) is 11.5 Å². The topological polar surface area (TPSA) is 86.2 Å². The molecular weight excluding hydrogens is 352 g/mol. The van der Waals surface area contributed by atoms with Crippen molar-refractivity contribution in [3.63, 3.8) is 0 Å². The third-order valence-electron chi connectivity index (χ3n) is 3.44. The first kappa shape index (κ1) is 17.8. The molecule has 0 saturated heterocycles. The van der Waals surface area contributed by atoms with Crippen LogP contribution in [0, 0.1) is 0 Å². The minimum Gasteiger partial charge on any atom is -0.497 e. The van der Waals surface area contributed by atoms with E-state index in [4.69, 9.17) is 9.47 Å². The fraction of sp³-hybridized carbons (Fsp3) is 0.222. The van der Waals surface area contributed by atoms with Crippen molar-refractivity contribution in [2.45, 2.75) is 13.3 Å². The molecular formula is C18H18N4O3S. The van der Waals surface area contributed by atoms with Crippen LogP contribution in [0.1, 0.15) is 23.7 Å². The van der Waals surface area contributed by atoms with Gasteiger partial charge in [0.15, 0.2) is 5.13 Å². The summed E-state index contributed by atoms with van der Waals surface area (Å²) in [6.07, 6.45) is 7.37. The van der Waals surface area contributed by atoms with Gasteiger partial charge in [0.25, 0.3) is 5.91 Å². The molecule has 0 atom stereocenters. The number of benzene rings is 1. The van der Waals surface area contributed by atoms with E-state index in [0.29, 0.717) is 34.5 Å². The van der Waals surface area contributed by atoms with E-state index >= 15 is 0 Å². The molecule has 0 aliphatic rings. The fourth-order valence-electron chi connectivity index (χ4n) is 2.19. The molecule has 1 aromatic carbocycles. The van der Waals surface area contributed by atoms with Crippen molar-refractivity contribution in [3.8, 4) is 22.1 Å². The number of aromatic nitrogens is 3. The summed E-state index contributed by atoms with van der Waals surface area (Å²) >= 11 is 1.33.